The van der Waals surface area contributed by atoms with Gasteiger partial charge in [-0.25, -0.2) is 9.79 Å². The number of thioether (sulfide) groups is 1. The van der Waals surface area contributed by atoms with Crippen molar-refractivity contribution in [3.8, 4) is 11.5 Å². The molecule has 1 fully saturated rings. The van der Waals surface area contributed by atoms with Crippen LogP contribution in [0.5, 0.6) is 11.5 Å². The lowest BCUT2D eigenvalue weighted by molar-refractivity contribution is -0.141. The number of carbonyl (C=O) groups is 2. The Kier molecular flexibility index (Phi) is 8.23. The first-order valence-electron chi connectivity index (χ1n) is 12.7. The highest BCUT2D eigenvalue weighted by Gasteiger charge is 2.43. The van der Waals surface area contributed by atoms with Gasteiger partial charge in [0, 0.05) is 24.4 Å². The Hall–Kier alpha value is -3.76. The topological polar surface area (TPSA) is 89.9 Å². The first-order valence-corrected chi connectivity index (χ1v) is 13.6. The summed E-state index contributed by atoms with van der Waals surface area (Å²) >= 11 is 1.43. The van der Waals surface area contributed by atoms with Gasteiger partial charge in [-0.3, -0.25) is 4.79 Å². The molecule has 0 aliphatic carbocycles. The highest BCUT2D eigenvalue weighted by atomic mass is 32.2. The van der Waals surface area contributed by atoms with E-state index in [-0.39, 0.29) is 18.9 Å². The number of amidine groups is 1. The van der Waals surface area contributed by atoms with Crippen molar-refractivity contribution in [2.75, 3.05) is 40.5 Å². The molecule has 204 valence electrons. The van der Waals surface area contributed by atoms with Crippen LogP contribution in [0.4, 0.5) is 0 Å². The van der Waals surface area contributed by atoms with Crippen molar-refractivity contribution in [2.24, 2.45) is 4.99 Å². The number of hydrogen-bond donors (Lipinski definition) is 0. The average molecular weight is 550 g/mol. The maximum atomic E-state index is 13.7. The number of morpholine rings is 1. The molecule has 10 heteroatoms. The zero-order valence-electron chi connectivity index (χ0n) is 22.2. The fraction of sp³-hybridized carbons (Fsp3) is 0.345. The fourth-order valence-electron chi connectivity index (χ4n) is 4.86. The zero-order valence-corrected chi connectivity index (χ0v) is 23.0. The molecule has 0 unspecified atom stereocenters. The predicted octanol–water partition coefficient (Wildman–Crippen LogP) is 4.27. The molecular weight excluding hydrogens is 518 g/mol. The second-order valence-electron chi connectivity index (χ2n) is 9.23. The lowest BCUT2D eigenvalue weighted by atomic mass is 9.92. The number of allylic oxidation sites excluding steroid dienone is 1. The minimum Gasteiger partial charge on any atom is -0.497 e. The van der Waals surface area contributed by atoms with E-state index < -0.39 is 12.0 Å². The normalized spacial score (nSPS) is 18.8. The molecule has 3 aliphatic heterocycles. The van der Waals surface area contributed by atoms with Crippen LogP contribution in [-0.2, 0) is 25.7 Å². The van der Waals surface area contributed by atoms with Gasteiger partial charge < -0.3 is 28.7 Å². The lowest BCUT2D eigenvalue weighted by Crippen LogP contribution is -2.42. The second-order valence-corrected chi connectivity index (χ2v) is 10.1. The number of nitrogens with zero attached hydrogens (tertiary/aromatic N) is 3. The Labute approximate surface area is 232 Å². The van der Waals surface area contributed by atoms with E-state index in [0.717, 1.165) is 11.3 Å². The molecule has 39 heavy (non-hydrogen) atoms. The SMILES string of the molecule is COc1ccc(OC)c([C@@H]2C(C(=O)OCc3ccccc3)=C(C)N=C3SC=C(CC(=O)N4CCOCC4)N32)c1. The van der Waals surface area contributed by atoms with E-state index in [1.807, 2.05) is 63.7 Å². The van der Waals surface area contributed by atoms with E-state index in [0.29, 0.717) is 59.8 Å². The Morgan fingerprint density at radius 3 is 2.56 bits per heavy atom. The maximum Gasteiger partial charge on any atom is 0.338 e. The van der Waals surface area contributed by atoms with Gasteiger partial charge in [0.2, 0.25) is 5.91 Å². The molecule has 0 aromatic heterocycles. The van der Waals surface area contributed by atoms with Crippen LogP contribution < -0.4 is 9.47 Å². The fourth-order valence-corrected chi connectivity index (χ4v) is 5.82. The minimum absolute atomic E-state index is 0.00207. The van der Waals surface area contributed by atoms with Crippen LogP contribution in [0.3, 0.4) is 0 Å². The van der Waals surface area contributed by atoms with Crippen molar-refractivity contribution in [3.63, 3.8) is 0 Å². The quantitative estimate of drug-likeness (QED) is 0.451. The van der Waals surface area contributed by atoms with Crippen molar-refractivity contribution >= 4 is 28.8 Å². The van der Waals surface area contributed by atoms with Crippen molar-refractivity contribution < 1.29 is 28.5 Å². The van der Waals surface area contributed by atoms with Crippen molar-refractivity contribution in [3.05, 3.63) is 82.0 Å². The average Bonchev–Trinajstić information content (AvgIpc) is 3.37. The molecule has 2 aromatic rings. The largest absolute Gasteiger partial charge is 0.497 e. The summed E-state index contributed by atoms with van der Waals surface area (Å²) in [6, 6.07) is 14.4. The number of hydrogen-bond acceptors (Lipinski definition) is 9. The van der Waals surface area contributed by atoms with E-state index in [2.05, 4.69) is 0 Å². The van der Waals surface area contributed by atoms with Crippen LogP contribution in [0, 0.1) is 0 Å². The molecule has 0 saturated carbocycles. The molecule has 9 nitrogen and oxygen atoms in total. The van der Waals surface area contributed by atoms with Gasteiger partial charge in [-0.05, 0) is 36.1 Å². The maximum absolute atomic E-state index is 13.7. The van der Waals surface area contributed by atoms with E-state index >= 15 is 0 Å². The molecule has 3 heterocycles. The number of esters is 1. The summed E-state index contributed by atoms with van der Waals surface area (Å²) in [4.78, 5) is 35.5. The van der Waals surface area contributed by atoms with Crippen LogP contribution in [0.25, 0.3) is 0 Å². The first-order chi connectivity index (χ1) is 19.0. The van der Waals surface area contributed by atoms with Gasteiger partial charge in [-0.2, -0.15) is 0 Å². The summed E-state index contributed by atoms with van der Waals surface area (Å²) in [5, 5.41) is 2.62. The van der Waals surface area contributed by atoms with Gasteiger partial charge in [0.05, 0.1) is 51.2 Å². The van der Waals surface area contributed by atoms with Gasteiger partial charge >= 0.3 is 5.97 Å². The third-order valence-corrected chi connectivity index (χ3v) is 7.75. The zero-order chi connectivity index (χ0) is 27.4. The van der Waals surface area contributed by atoms with Crippen molar-refractivity contribution in [1.82, 2.24) is 9.80 Å². The Balaban J connectivity index is 1.52. The molecule has 0 bridgehead atoms. The smallest absolute Gasteiger partial charge is 0.338 e. The first kappa shape index (κ1) is 26.8. The van der Waals surface area contributed by atoms with Gasteiger partial charge in [0.25, 0.3) is 0 Å². The van der Waals surface area contributed by atoms with Crippen LogP contribution >= 0.6 is 11.8 Å². The summed E-state index contributed by atoms with van der Waals surface area (Å²) in [7, 11) is 3.18. The molecule has 0 spiro atoms. The second kappa shape index (κ2) is 12.0. The number of aliphatic imine (C=N–C) groups is 1. The third-order valence-electron chi connectivity index (χ3n) is 6.86. The number of fused-ring (bicyclic) bond motifs is 1. The number of benzene rings is 2. The number of ether oxygens (including phenoxy) is 4. The molecule has 3 aliphatic rings. The van der Waals surface area contributed by atoms with E-state index in [1.54, 1.807) is 21.1 Å². The summed E-state index contributed by atoms with van der Waals surface area (Å²) in [5.41, 5.74) is 3.28. The standard InChI is InChI=1S/C29H31N3O6S/c1-19-26(28(34)38-17-20-7-5-4-6-8-20)27(23-16-22(35-2)9-10-24(23)36-3)32-21(18-39-29(32)30-19)15-25(33)31-11-13-37-14-12-31/h4-10,16,18,27H,11-15,17H2,1-3H3/t27-/m1/s1. The Bertz CT molecular complexity index is 1330. The highest BCUT2D eigenvalue weighted by Crippen LogP contribution is 2.47. The summed E-state index contributed by atoms with van der Waals surface area (Å²) < 4.78 is 22.5. The number of carbonyl (C=O) groups excluding carboxylic acids is 2. The number of methoxy groups -OCH3 is 2. The monoisotopic (exact) mass is 549 g/mol. The van der Waals surface area contributed by atoms with E-state index in [9.17, 15) is 9.59 Å². The molecule has 2 aromatic carbocycles. The molecule has 5 rings (SSSR count). The number of amides is 1. The molecule has 0 N–H and O–H groups in total. The third kappa shape index (κ3) is 5.67. The lowest BCUT2D eigenvalue weighted by Gasteiger charge is -2.37. The molecular formula is C29H31N3O6S. The van der Waals surface area contributed by atoms with Crippen LogP contribution in [0.1, 0.15) is 30.5 Å². The van der Waals surface area contributed by atoms with Crippen molar-refractivity contribution in [1.29, 1.82) is 0 Å². The Morgan fingerprint density at radius 2 is 1.85 bits per heavy atom. The van der Waals surface area contributed by atoms with Crippen LogP contribution in [0.15, 0.2) is 75.9 Å². The van der Waals surface area contributed by atoms with Crippen LogP contribution in [-0.4, -0.2) is 67.4 Å². The van der Waals surface area contributed by atoms with E-state index in [4.69, 9.17) is 23.9 Å². The number of rotatable bonds is 8. The van der Waals surface area contributed by atoms with Crippen LogP contribution in [0.2, 0.25) is 0 Å². The van der Waals surface area contributed by atoms with Crippen molar-refractivity contribution in [2.45, 2.75) is 26.0 Å². The molecule has 0 radical (unpaired) electrons. The van der Waals surface area contributed by atoms with Gasteiger partial charge in [-0.1, -0.05) is 42.1 Å². The molecule has 1 saturated heterocycles. The summed E-state index contributed by atoms with van der Waals surface area (Å²) in [6.45, 7) is 4.10. The summed E-state index contributed by atoms with van der Waals surface area (Å²) in [5.74, 6) is 0.720. The molecule has 1 atom stereocenters. The highest BCUT2D eigenvalue weighted by molar-refractivity contribution is 8.16. The van der Waals surface area contributed by atoms with E-state index in [1.165, 1.54) is 11.8 Å². The molecule has 1 amide bonds. The van der Waals surface area contributed by atoms with Gasteiger partial charge in [0.1, 0.15) is 18.1 Å². The minimum atomic E-state index is -0.635. The predicted molar refractivity (Wildman–Crippen MR) is 148 cm³/mol. The summed E-state index contributed by atoms with van der Waals surface area (Å²) in [6.07, 6.45) is 0.167. The van der Waals surface area contributed by atoms with Gasteiger partial charge in [0.15, 0.2) is 5.17 Å². The Morgan fingerprint density at radius 1 is 1.08 bits per heavy atom. The van der Waals surface area contributed by atoms with Gasteiger partial charge in [-0.15, -0.1) is 0 Å².